The molecular weight excluding hydrogens is 212 g/mol. The first-order valence-corrected chi connectivity index (χ1v) is 6.61. The molecule has 17 heavy (non-hydrogen) atoms. The van der Waals surface area contributed by atoms with Gasteiger partial charge in [0.25, 0.3) is 0 Å². The maximum absolute atomic E-state index is 10.1. The molecule has 0 aromatic carbocycles. The molecule has 1 aliphatic carbocycles. The van der Waals surface area contributed by atoms with Gasteiger partial charge >= 0.3 is 0 Å². The van der Waals surface area contributed by atoms with Gasteiger partial charge in [0.2, 0.25) is 0 Å². The molecule has 94 valence electrons. The zero-order valence-electron chi connectivity index (χ0n) is 10.5. The molecule has 1 aromatic heterocycles. The Morgan fingerprint density at radius 2 is 2.18 bits per heavy atom. The Hall–Kier alpha value is -0.930. The molecule has 0 spiro atoms. The molecule has 1 aromatic rings. The maximum atomic E-state index is 10.1. The van der Waals surface area contributed by atoms with Crippen LogP contribution < -0.4 is 5.32 Å². The van der Waals surface area contributed by atoms with Crippen LogP contribution in [0, 0.1) is 0 Å². The van der Waals surface area contributed by atoms with Crippen LogP contribution >= 0.6 is 0 Å². The fourth-order valence-corrected chi connectivity index (χ4v) is 2.53. The Morgan fingerprint density at radius 3 is 2.94 bits per heavy atom. The van der Waals surface area contributed by atoms with E-state index in [0.717, 1.165) is 19.3 Å². The van der Waals surface area contributed by atoms with Gasteiger partial charge in [-0.25, -0.2) is 0 Å². The summed E-state index contributed by atoms with van der Waals surface area (Å²) in [6.07, 6.45) is 9.10. The van der Waals surface area contributed by atoms with Gasteiger partial charge in [-0.3, -0.25) is 4.98 Å². The highest BCUT2D eigenvalue weighted by molar-refractivity contribution is 5.13. The van der Waals surface area contributed by atoms with Crippen LogP contribution in [-0.2, 0) is 0 Å². The number of aliphatic hydroxyl groups excluding tert-OH is 1. The Labute approximate surface area is 103 Å². The third kappa shape index (κ3) is 3.51. The summed E-state index contributed by atoms with van der Waals surface area (Å²) in [5.41, 5.74) is 1.18. The number of rotatable bonds is 3. The summed E-state index contributed by atoms with van der Waals surface area (Å²) in [5.74, 6) is 0. The molecule has 0 bridgehead atoms. The standard InChI is InChI=1S/C14H22N2O/c1-11(12-6-5-9-15-10-12)16-13-7-3-2-4-8-14(13)17/h5-6,9-11,13-14,16-17H,2-4,7-8H2,1H3/t11-,13?,14?/m0/s1. The molecule has 1 heterocycles. The second-order valence-corrected chi connectivity index (χ2v) is 4.99. The Morgan fingerprint density at radius 1 is 1.35 bits per heavy atom. The van der Waals surface area contributed by atoms with E-state index in [9.17, 15) is 5.11 Å². The molecule has 0 amide bonds. The van der Waals surface area contributed by atoms with Gasteiger partial charge in [0.15, 0.2) is 0 Å². The fourth-order valence-electron chi connectivity index (χ4n) is 2.53. The molecule has 2 unspecified atom stereocenters. The van der Waals surface area contributed by atoms with Gasteiger partial charge < -0.3 is 10.4 Å². The van der Waals surface area contributed by atoms with Crippen LogP contribution in [0.4, 0.5) is 0 Å². The third-order valence-corrected chi connectivity index (χ3v) is 3.63. The average Bonchev–Trinajstić information content (AvgIpc) is 2.56. The third-order valence-electron chi connectivity index (χ3n) is 3.63. The van der Waals surface area contributed by atoms with E-state index in [2.05, 4.69) is 23.3 Å². The molecule has 1 fully saturated rings. The summed E-state index contributed by atoms with van der Waals surface area (Å²) in [5, 5.41) is 13.6. The predicted octanol–water partition coefficient (Wildman–Crippen LogP) is 2.43. The molecule has 1 aliphatic rings. The van der Waals surface area contributed by atoms with Gasteiger partial charge in [-0.2, -0.15) is 0 Å². The van der Waals surface area contributed by atoms with Gasteiger partial charge in [0.1, 0.15) is 0 Å². The summed E-state index contributed by atoms with van der Waals surface area (Å²) in [6.45, 7) is 2.13. The van der Waals surface area contributed by atoms with Crippen LogP contribution in [-0.4, -0.2) is 22.2 Å². The molecule has 0 saturated heterocycles. The van der Waals surface area contributed by atoms with Crippen molar-refractivity contribution < 1.29 is 5.11 Å². The number of hydrogen-bond donors (Lipinski definition) is 2. The lowest BCUT2D eigenvalue weighted by molar-refractivity contribution is 0.115. The molecule has 1 saturated carbocycles. The quantitative estimate of drug-likeness (QED) is 0.790. The highest BCUT2D eigenvalue weighted by atomic mass is 16.3. The van der Waals surface area contributed by atoms with Crippen molar-refractivity contribution >= 4 is 0 Å². The second kappa shape index (κ2) is 6.12. The maximum Gasteiger partial charge on any atom is 0.0693 e. The second-order valence-electron chi connectivity index (χ2n) is 4.99. The van der Waals surface area contributed by atoms with Crippen LogP contribution in [0.1, 0.15) is 50.6 Å². The fraction of sp³-hybridized carbons (Fsp3) is 0.643. The molecule has 3 atom stereocenters. The van der Waals surface area contributed by atoms with Gasteiger partial charge in [-0.1, -0.05) is 25.3 Å². The molecule has 3 heteroatoms. The van der Waals surface area contributed by atoms with Gasteiger partial charge in [0.05, 0.1) is 6.10 Å². The molecule has 2 rings (SSSR count). The van der Waals surface area contributed by atoms with E-state index in [1.807, 2.05) is 12.3 Å². The number of pyridine rings is 1. The van der Waals surface area contributed by atoms with Crippen molar-refractivity contribution in [2.24, 2.45) is 0 Å². The van der Waals surface area contributed by atoms with Crippen LogP contribution in [0.2, 0.25) is 0 Å². The minimum absolute atomic E-state index is 0.198. The van der Waals surface area contributed by atoms with Gasteiger partial charge in [-0.15, -0.1) is 0 Å². The van der Waals surface area contributed by atoms with Crippen molar-refractivity contribution in [3.8, 4) is 0 Å². The van der Waals surface area contributed by atoms with E-state index < -0.39 is 0 Å². The highest BCUT2D eigenvalue weighted by Gasteiger charge is 2.23. The first-order valence-electron chi connectivity index (χ1n) is 6.61. The van der Waals surface area contributed by atoms with E-state index in [1.165, 1.54) is 18.4 Å². The van der Waals surface area contributed by atoms with E-state index >= 15 is 0 Å². The Kier molecular flexibility index (Phi) is 4.51. The van der Waals surface area contributed by atoms with E-state index in [0.29, 0.717) is 0 Å². The predicted molar refractivity (Wildman–Crippen MR) is 68.7 cm³/mol. The molecule has 3 nitrogen and oxygen atoms in total. The minimum atomic E-state index is -0.198. The van der Waals surface area contributed by atoms with Gasteiger partial charge in [-0.05, 0) is 31.4 Å². The van der Waals surface area contributed by atoms with Crippen LogP contribution in [0.5, 0.6) is 0 Å². The zero-order valence-corrected chi connectivity index (χ0v) is 10.5. The largest absolute Gasteiger partial charge is 0.392 e. The number of aromatic nitrogens is 1. The number of aliphatic hydroxyl groups is 1. The van der Waals surface area contributed by atoms with E-state index in [1.54, 1.807) is 6.20 Å². The van der Waals surface area contributed by atoms with Crippen molar-refractivity contribution in [2.45, 2.75) is 57.2 Å². The van der Waals surface area contributed by atoms with Gasteiger partial charge in [0, 0.05) is 24.5 Å². The summed E-state index contributed by atoms with van der Waals surface area (Å²) in [7, 11) is 0. The number of nitrogens with one attached hydrogen (secondary N) is 1. The lowest BCUT2D eigenvalue weighted by Gasteiger charge is -2.26. The lowest BCUT2D eigenvalue weighted by Crippen LogP contribution is -2.40. The van der Waals surface area contributed by atoms with Crippen molar-refractivity contribution in [3.05, 3.63) is 30.1 Å². The topological polar surface area (TPSA) is 45.1 Å². The zero-order chi connectivity index (χ0) is 12.1. The van der Waals surface area contributed by atoms with Crippen molar-refractivity contribution in [1.29, 1.82) is 0 Å². The Bertz CT molecular complexity index is 328. The summed E-state index contributed by atoms with van der Waals surface area (Å²) in [6, 6.07) is 4.51. The van der Waals surface area contributed by atoms with Crippen molar-refractivity contribution in [2.75, 3.05) is 0 Å². The molecule has 2 N–H and O–H groups in total. The van der Waals surface area contributed by atoms with Crippen LogP contribution in [0.15, 0.2) is 24.5 Å². The highest BCUT2D eigenvalue weighted by Crippen LogP contribution is 2.21. The lowest BCUT2D eigenvalue weighted by atomic mass is 10.0. The number of nitrogens with zero attached hydrogens (tertiary/aromatic N) is 1. The first kappa shape index (κ1) is 12.5. The number of hydrogen-bond acceptors (Lipinski definition) is 3. The van der Waals surface area contributed by atoms with Crippen molar-refractivity contribution in [1.82, 2.24) is 10.3 Å². The monoisotopic (exact) mass is 234 g/mol. The van der Waals surface area contributed by atoms with Crippen molar-refractivity contribution in [3.63, 3.8) is 0 Å². The van der Waals surface area contributed by atoms with E-state index in [4.69, 9.17) is 0 Å². The summed E-state index contributed by atoms with van der Waals surface area (Å²) in [4.78, 5) is 4.13. The summed E-state index contributed by atoms with van der Waals surface area (Å²) >= 11 is 0. The minimum Gasteiger partial charge on any atom is -0.392 e. The van der Waals surface area contributed by atoms with E-state index in [-0.39, 0.29) is 18.2 Å². The normalized spacial score (nSPS) is 27.4. The smallest absolute Gasteiger partial charge is 0.0693 e. The molecule has 0 radical (unpaired) electrons. The van der Waals surface area contributed by atoms with Crippen LogP contribution in [0.3, 0.4) is 0 Å². The average molecular weight is 234 g/mol. The molecule has 0 aliphatic heterocycles. The van der Waals surface area contributed by atoms with Crippen LogP contribution in [0.25, 0.3) is 0 Å². The SMILES string of the molecule is C[C@H](NC1CCCCCC1O)c1cccnc1. The molecular formula is C14H22N2O. The Balaban J connectivity index is 1.95. The first-order chi connectivity index (χ1) is 8.27. The summed E-state index contributed by atoms with van der Waals surface area (Å²) < 4.78 is 0.